The molecule has 2 aromatic rings. The first-order valence-electron chi connectivity index (χ1n) is 5.57. The molecule has 2 N–H and O–H groups in total. The van der Waals surface area contributed by atoms with Crippen molar-refractivity contribution < 1.29 is 8.78 Å². The molecule has 0 aromatic heterocycles. The van der Waals surface area contributed by atoms with Gasteiger partial charge in [0.25, 0.3) is 0 Å². The largest absolute Gasteiger partial charge is 0.320 e. The second-order valence-corrected chi connectivity index (χ2v) is 5.57. The highest BCUT2D eigenvalue weighted by molar-refractivity contribution is 9.10. The van der Waals surface area contributed by atoms with Crippen molar-refractivity contribution in [3.05, 3.63) is 68.2 Å². The fraction of sp³-hybridized carbons (Fsp3) is 0.143. The lowest BCUT2D eigenvalue weighted by Gasteiger charge is -2.16. The smallest absolute Gasteiger partial charge is 0.164 e. The zero-order chi connectivity index (χ0) is 14.2. The van der Waals surface area contributed by atoms with E-state index in [1.807, 2.05) is 0 Å². The summed E-state index contributed by atoms with van der Waals surface area (Å²) >= 11 is 9.35. The van der Waals surface area contributed by atoms with Gasteiger partial charge in [-0.3, -0.25) is 0 Å². The number of hydrogen-bond donors (Lipinski definition) is 1. The minimum absolute atomic E-state index is 0.0862. The van der Waals surface area contributed by atoms with Crippen LogP contribution in [-0.2, 0) is 0 Å². The third-order valence-corrected chi connectivity index (χ3v) is 3.77. The standard InChI is InChI=1S/C14H11BrClF2N/c1-7-2-4-9(13(18)12(7)17)14(19)10-6-8(15)3-5-11(10)16/h2-6,14H,19H2,1H3. The minimum atomic E-state index is -0.927. The summed E-state index contributed by atoms with van der Waals surface area (Å²) in [6, 6.07) is 7.27. The van der Waals surface area contributed by atoms with Gasteiger partial charge in [0.05, 0.1) is 6.04 Å². The topological polar surface area (TPSA) is 26.0 Å². The van der Waals surface area contributed by atoms with Crippen molar-refractivity contribution >= 4 is 27.5 Å². The van der Waals surface area contributed by atoms with Gasteiger partial charge in [-0.15, -0.1) is 0 Å². The SMILES string of the molecule is Cc1ccc(C(N)c2cc(Br)ccc2Cl)c(F)c1F. The fourth-order valence-corrected chi connectivity index (χ4v) is 2.44. The average Bonchev–Trinajstić information content (AvgIpc) is 2.38. The van der Waals surface area contributed by atoms with Gasteiger partial charge < -0.3 is 5.73 Å². The number of halogens is 4. The number of benzene rings is 2. The molecule has 0 radical (unpaired) electrons. The van der Waals surface area contributed by atoms with Crippen LogP contribution in [0.3, 0.4) is 0 Å². The summed E-state index contributed by atoms with van der Waals surface area (Å²) in [5.74, 6) is -1.80. The molecule has 0 saturated heterocycles. The molecule has 5 heteroatoms. The maximum Gasteiger partial charge on any atom is 0.164 e. The Morgan fingerprint density at radius 1 is 1.11 bits per heavy atom. The van der Waals surface area contributed by atoms with Gasteiger partial charge in [0.1, 0.15) is 0 Å². The van der Waals surface area contributed by atoms with E-state index in [-0.39, 0.29) is 11.1 Å². The number of rotatable bonds is 2. The first kappa shape index (κ1) is 14.4. The van der Waals surface area contributed by atoms with Crippen LogP contribution in [0.2, 0.25) is 5.02 Å². The van der Waals surface area contributed by atoms with E-state index < -0.39 is 17.7 Å². The van der Waals surface area contributed by atoms with Crippen molar-refractivity contribution in [1.29, 1.82) is 0 Å². The van der Waals surface area contributed by atoms with Crippen LogP contribution in [0.5, 0.6) is 0 Å². The highest BCUT2D eigenvalue weighted by atomic mass is 79.9. The molecule has 2 rings (SSSR count). The Bertz CT molecular complexity index is 631. The molecule has 0 saturated carbocycles. The Morgan fingerprint density at radius 2 is 1.79 bits per heavy atom. The second kappa shape index (κ2) is 5.57. The molecule has 0 bridgehead atoms. The summed E-state index contributed by atoms with van der Waals surface area (Å²) in [7, 11) is 0. The molecule has 0 heterocycles. The van der Waals surface area contributed by atoms with Crippen LogP contribution in [0.4, 0.5) is 8.78 Å². The lowest BCUT2D eigenvalue weighted by Crippen LogP contribution is -2.15. The van der Waals surface area contributed by atoms with Crippen LogP contribution >= 0.6 is 27.5 Å². The van der Waals surface area contributed by atoms with Gasteiger partial charge in [-0.25, -0.2) is 8.78 Å². The predicted octanol–water partition coefficient (Wildman–Crippen LogP) is 4.74. The van der Waals surface area contributed by atoms with Gasteiger partial charge in [0, 0.05) is 15.1 Å². The Labute approximate surface area is 123 Å². The maximum atomic E-state index is 13.9. The summed E-state index contributed by atoms with van der Waals surface area (Å²) in [6.07, 6.45) is 0. The number of nitrogens with two attached hydrogens (primary N) is 1. The van der Waals surface area contributed by atoms with Gasteiger partial charge in [-0.2, -0.15) is 0 Å². The van der Waals surface area contributed by atoms with Gasteiger partial charge in [0.15, 0.2) is 11.6 Å². The molecule has 0 spiro atoms. The second-order valence-electron chi connectivity index (χ2n) is 4.24. The van der Waals surface area contributed by atoms with E-state index in [0.717, 1.165) is 4.47 Å². The molecule has 1 nitrogen and oxygen atoms in total. The Balaban J connectivity index is 2.53. The zero-order valence-electron chi connectivity index (χ0n) is 10.1. The molecular formula is C14H11BrClF2N. The minimum Gasteiger partial charge on any atom is -0.320 e. The third-order valence-electron chi connectivity index (χ3n) is 2.93. The summed E-state index contributed by atoms with van der Waals surface area (Å²) in [5.41, 5.74) is 6.86. The van der Waals surface area contributed by atoms with Crippen molar-refractivity contribution in [2.45, 2.75) is 13.0 Å². The van der Waals surface area contributed by atoms with Crippen LogP contribution in [0, 0.1) is 18.6 Å². The van der Waals surface area contributed by atoms with E-state index in [4.69, 9.17) is 17.3 Å². The van der Waals surface area contributed by atoms with Gasteiger partial charge in [0.2, 0.25) is 0 Å². The molecule has 1 unspecified atom stereocenters. The summed E-state index contributed by atoms with van der Waals surface area (Å²) in [5, 5.41) is 0.413. The number of hydrogen-bond acceptors (Lipinski definition) is 1. The molecule has 0 aliphatic carbocycles. The van der Waals surface area contributed by atoms with Gasteiger partial charge in [-0.05, 0) is 36.2 Å². The first-order chi connectivity index (χ1) is 8.91. The fourth-order valence-electron chi connectivity index (χ4n) is 1.82. The van der Waals surface area contributed by atoms with Crippen molar-refractivity contribution in [2.24, 2.45) is 5.73 Å². The van der Waals surface area contributed by atoms with E-state index in [2.05, 4.69) is 15.9 Å². The molecule has 19 heavy (non-hydrogen) atoms. The number of aryl methyl sites for hydroxylation is 1. The average molecular weight is 347 g/mol. The van der Waals surface area contributed by atoms with E-state index in [1.54, 1.807) is 18.2 Å². The zero-order valence-corrected chi connectivity index (χ0v) is 12.4. The predicted molar refractivity (Wildman–Crippen MR) is 76.3 cm³/mol. The van der Waals surface area contributed by atoms with Crippen LogP contribution in [0.1, 0.15) is 22.7 Å². The van der Waals surface area contributed by atoms with E-state index >= 15 is 0 Å². The molecule has 0 amide bonds. The quantitative estimate of drug-likeness (QED) is 0.835. The molecule has 0 aliphatic heterocycles. The summed E-state index contributed by atoms with van der Waals surface area (Å²) in [4.78, 5) is 0. The Morgan fingerprint density at radius 3 is 2.47 bits per heavy atom. The van der Waals surface area contributed by atoms with Crippen molar-refractivity contribution in [3.8, 4) is 0 Å². The van der Waals surface area contributed by atoms with Crippen molar-refractivity contribution in [3.63, 3.8) is 0 Å². The molecule has 2 aromatic carbocycles. The highest BCUT2D eigenvalue weighted by Gasteiger charge is 2.20. The Kier molecular flexibility index (Phi) is 4.23. The van der Waals surface area contributed by atoms with Crippen LogP contribution in [-0.4, -0.2) is 0 Å². The van der Waals surface area contributed by atoms with E-state index in [0.29, 0.717) is 10.6 Å². The van der Waals surface area contributed by atoms with Crippen molar-refractivity contribution in [2.75, 3.05) is 0 Å². The molecule has 100 valence electrons. The van der Waals surface area contributed by atoms with E-state index in [9.17, 15) is 8.78 Å². The van der Waals surface area contributed by atoms with E-state index in [1.165, 1.54) is 19.1 Å². The lowest BCUT2D eigenvalue weighted by atomic mass is 9.98. The summed E-state index contributed by atoms with van der Waals surface area (Å²) < 4.78 is 28.3. The van der Waals surface area contributed by atoms with Crippen LogP contribution < -0.4 is 5.73 Å². The van der Waals surface area contributed by atoms with Crippen molar-refractivity contribution in [1.82, 2.24) is 0 Å². The van der Waals surface area contributed by atoms with Crippen LogP contribution in [0.15, 0.2) is 34.8 Å². The third kappa shape index (κ3) is 2.81. The summed E-state index contributed by atoms with van der Waals surface area (Å²) in [6.45, 7) is 1.50. The molecule has 1 atom stereocenters. The maximum absolute atomic E-state index is 13.9. The first-order valence-corrected chi connectivity index (χ1v) is 6.74. The Hall–Kier alpha value is -0.970. The monoisotopic (exact) mass is 345 g/mol. The molecule has 0 aliphatic rings. The van der Waals surface area contributed by atoms with Crippen LogP contribution in [0.25, 0.3) is 0 Å². The lowest BCUT2D eigenvalue weighted by molar-refractivity contribution is 0.489. The van der Waals surface area contributed by atoms with Gasteiger partial charge >= 0.3 is 0 Å². The van der Waals surface area contributed by atoms with Gasteiger partial charge in [-0.1, -0.05) is 39.7 Å². The molecular weight excluding hydrogens is 336 g/mol. The molecule has 0 fully saturated rings. The highest BCUT2D eigenvalue weighted by Crippen LogP contribution is 2.31. The normalized spacial score (nSPS) is 12.5.